The zero-order valence-corrected chi connectivity index (χ0v) is 24.5. The Labute approximate surface area is 250 Å². The third-order valence-corrected chi connectivity index (χ3v) is 6.85. The summed E-state index contributed by atoms with van der Waals surface area (Å²) in [5.74, 6) is -1.25. The summed E-state index contributed by atoms with van der Waals surface area (Å²) in [6.07, 6.45) is 2.38. The van der Waals surface area contributed by atoms with E-state index in [2.05, 4.69) is 20.5 Å². The van der Waals surface area contributed by atoms with E-state index >= 15 is 4.39 Å². The second-order valence-electron chi connectivity index (χ2n) is 10.7. The molecule has 0 amide bonds. The first-order valence-electron chi connectivity index (χ1n) is 13.7. The van der Waals surface area contributed by atoms with Crippen molar-refractivity contribution in [3.63, 3.8) is 0 Å². The van der Waals surface area contributed by atoms with Gasteiger partial charge in [0, 0.05) is 38.5 Å². The largest absolute Gasteiger partial charge is 0.453 e. The van der Waals surface area contributed by atoms with Crippen LogP contribution in [0.2, 0.25) is 0 Å². The van der Waals surface area contributed by atoms with Crippen LogP contribution in [0.25, 0.3) is 16.7 Å². The minimum atomic E-state index is -0.850. The molecule has 2 N–H and O–H groups in total. The lowest BCUT2D eigenvalue weighted by Crippen LogP contribution is -2.41. The number of methoxy groups -OCH3 is 1. The monoisotopic (exact) mass is 604 g/mol. The molecular weight excluding hydrogens is 574 g/mol. The van der Waals surface area contributed by atoms with E-state index in [4.69, 9.17) is 9.47 Å². The highest BCUT2D eigenvalue weighted by Crippen LogP contribution is 2.35. The van der Waals surface area contributed by atoms with Crippen molar-refractivity contribution in [3.05, 3.63) is 105 Å². The van der Waals surface area contributed by atoms with Crippen LogP contribution in [0.3, 0.4) is 0 Å². The molecule has 0 bridgehead atoms. The van der Waals surface area contributed by atoms with Crippen molar-refractivity contribution in [2.75, 3.05) is 19.0 Å². The van der Waals surface area contributed by atoms with E-state index in [1.54, 1.807) is 20.1 Å². The van der Waals surface area contributed by atoms with Gasteiger partial charge in [-0.05, 0) is 62.7 Å². The van der Waals surface area contributed by atoms with Gasteiger partial charge in [0.1, 0.15) is 22.5 Å². The van der Waals surface area contributed by atoms with Gasteiger partial charge in [-0.15, -0.1) is 0 Å². The second kappa shape index (κ2) is 12.2. The quantitative estimate of drug-likeness (QED) is 0.209. The summed E-state index contributed by atoms with van der Waals surface area (Å²) in [5, 5.41) is 10.9. The van der Waals surface area contributed by atoms with Crippen LogP contribution >= 0.6 is 0 Å². The number of carbonyl (C=O) groups excluding carboxylic acids is 1. The van der Waals surface area contributed by atoms with Crippen molar-refractivity contribution >= 4 is 22.6 Å². The molecule has 44 heavy (non-hydrogen) atoms. The second-order valence-corrected chi connectivity index (χ2v) is 10.7. The maximum Gasteiger partial charge on any atom is 0.335 e. The molecule has 0 aliphatic rings. The Hall–Kier alpha value is -5.17. The fourth-order valence-corrected chi connectivity index (χ4v) is 4.79. The highest BCUT2D eigenvalue weighted by atomic mass is 19.1. The first-order valence-corrected chi connectivity index (χ1v) is 13.7. The molecule has 0 saturated heterocycles. The van der Waals surface area contributed by atoms with Crippen LogP contribution in [-0.2, 0) is 17.7 Å². The number of nitrogens with one attached hydrogen (secondary N) is 2. The smallest absolute Gasteiger partial charge is 0.335 e. The number of pyridine rings is 1. The average molecular weight is 605 g/mol. The Kier molecular flexibility index (Phi) is 8.41. The number of carbonyl (C=O) groups is 1. The SMILES string of the molecule is CCn1cc(C(=O)Cc2ccc(Oc3ccnc4[nH]nc(NC(C)(C)COC)c34)c(F)c2)c(=O)n(-c2ccc(F)cc2)c1=O. The predicted octanol–water partition coefficient (Wildman–Crippen LogP) is 4.62. The lowest BCUT2D eigenvalue weighted by atomic mass is 10.0. The van der Waals surface area contributed by atoms with Gasteiger partial charge in [0.05, 0.1) is 17.8 Å². The summed E-state index contributed by atoms with van der Waals surface area (Å²) < 4.78 is 42.0. The molecule has 228 valence electrons. The number of fused-ring (bicyclic) bond motifs is 1. The summed E-state index contributed by atoms with van der Waals surface area (Å²) in [7, 11) is 1.59. The van der Waals surface area contributed by atoms with Crippen LogP contribution in [0.5, 0.6) is 11.5 Å². The van der Waals surface area contributed by atoms with Crippen molar-refractivity contribution in [1.82, 2.24) is 24.3 Å². The number of halogens is 2. The van der Waals surface area contributed by atoms with Crippen LogP contribution in [-0.4, -0.2) is 49.4 Å². The number of aryl methyl sites for hydroxylation is 1. The molecule has 0 spiro atoms. The molecule has 3 heterocycles. The highest BCUT2D eigenvalue weighted by molar-refractivity contribution is 5.97. The lowest BCUT2D eigenvalue weighted by Gasteiger charge is -2.25. The van der Waals surface area contributed by atoms with Gasteiger partial charge < -0.3 is 14.8 Å². The van der Waals surface area contributed by atoms with Crippen molar-refractivity contribution in [2.45, 2.75) is 39.3 Å². The van der Waals surface area contributed by atoms with Crippen LogP contribution in [0.4, 0.5) is 14.6 Å². The number of benzene rings is 2. The average Bonchev–Trinajstić information content (AvgIpc) is 3.38. The van der Waals surface area contributed by atoms with E-state index in [1.165, 1.54) is 41.2 Å². The number of aromatic amines is 1. The fraction of sp³-hybridized carbons (Fsp3) is 0.258. The molecule has 2 aromatic carbocycles. The minimum absolute atomic E-state index is 0.102. The summed E-state index contributed by atoms with van der Waals surface area (Å²) in [6, 6.07) is 10.4. The number of aromatic nitrogens is 5. The van der Waals surface area contributed by atoms with Gasteiger partial charge in [-0.1, -0.05) is 6.07 Å². The van der Waals surface area contributed by atoms with E-state index < -0.39 is 34.2 Å². The minimum Gasteiger partial charge on any atom is -0.453 e. The molecule has 5 rings (SSSR count). The molecule has 0 saturated carbocycles. The molecule has 0 radical (unpaired) electrons. The third kappa shape index (κ3) is 6.13. The predicted molar refractivity (Wildman–Crippen MR) is 160 cm³/mol. The normalized spacial score (nSPS) is 11.6. The number of H-pyrrole nitrogens is 1. The number of anilines is 1. The molecule has 0 aliphatic heterocycles. The number of hydrogen-bond donors (Lipinski definition) is 2. The number of hydrogen-bond acceptors (Lipinski definition) is 8. The summed E-state index contributed by atoms with van der Waals surface area (Å²) in [5.41, 5.74) is -1.42. The highest BCUT2D eigenvalue weighted by Gasteiger charge is 2.23. The van der Waals surface area contributed by atoms with Gasteiger partial charge in [-0.25, -0.2) is 23.1 Å². The molecule has 0 unspecified atom stereocenters. The van der Waals surface area contributed by atoms with Gasteiger partial charge in [0.25, 0.3) is 5.56 Å². The number of rotatable bonds is 11. The number of nitrogens with zero attached hydrogens (tertiary/aromatic N) is 4. The van der Waals surface area contributed by atoms with E-state index in [9.17, 15) is 18.8 Å². The van der Waals surface area contributed by atoms with Gasteiger partial charge in [0.2, 0.25) is 0 Å². The van der Waals surface area contributed by atoms with Gasteiger partial charge in [-0.3, -0.25) is 19.3 Å². The Bertz CT molecular complexity index is 1960. The van der Waals surface area contributed by atoms with E-state index in [1.807, 2.05) is 13.8 Å². The van der Waals surface area contributed by atoms with Crippen LogP contribution in [0.1, 0.15) is 36.7 Å². The standard InChI is InChI=1S/C31H30F2N6O5/c1-5-38-16-21(29(41)39(30(38)42)20-9-7-19(32)8-10-20)23(40)15-18-6-11-24(22(33)14-18)44-25-12-13-34-27-26(25)28(37-36-27)35-31(2,3)17-43-4/h6-14,16H,5,15,17H2,1-4H3,(H2,34,35,36,37). The number of ketones is 1. The third-order valence-electron chi connectivity index (χ3n) is 6.85. The summed E-state index contributed by atoms with van der Waals surface area (Å²) >= 11 is 0. The Balaban J connectivity index is 1.41. The lowest BCUT2D eigenvalue weighted by molar-refractivity contribution is 0.0990. The van der Waals surface area contributed by atoms with Crippen LogP contribution in [0, 0.1) is 11.6 Å². The summed E-state index contributed by atoms with van der Waals surface area (Å²) in [4.78, 5) is 43.7. The zero-order chi connectivity index (χ0) is 31.6. The molecule has 11 nitrogen and oxygen atoms in total. The number of Topliss-reactive ketones (excluding diaryl/α,β-unsaturated/α-hetero) is 1. The van der Waals surface area contributed by atoms with E-state index in [-0.39, 0.29) is 35.5 Å². The van der Waals surface area contributed by atoms with Crippen molar-refractivity contribution in [2.24, 2.45) is 0 Å². The topological polar surface area (TPSA) is 133 Å². The molecular formula is C31H30F2N6O5. The molecule has 0 fully saturated rings. The van der Waals surface area contributed by atoms with Crippen LogP contribution < -0.4 is 21.3 Å². The Morgan fingerprint density at radius 2 is 1.82 bits per heavy atom. The number of ether oxygens (including phenoxy) is 2. The van der Waals surface area contributed by atoms with E-state index in [0.717, 1.165) is 22.8 Å². The molecule has 0 atom stereocenters. The zero-order valence-electron chi connectivity index (χ0n) is 24.5. The van der Waals surface area contributed by atoms with Gasteiger partial charge >= 0.3 is 5.69 Å². The van der Waals surface area contributed by atoms with Crippen molar-refractivity contribution in [3.8, 4) is 17.2 Å². The van der Waals surface area contributed by atoms with E-state index in [0.29, 0.717) is 29.2 Å². The van der Waals surface area contributed by atoms with Crippen molar-refractivity contribution in [1.29, 1.82) is 0 Å². The molecule has 13 heteroatoms. The van der Waals surface area contributed by atoms with Crippen LogP contribution in [0.15, 0.2) is 70.5 Å². The van der Waals surface area contributed by atoms with Gasteiger partial charge in [-0.2, -0.15) is 5.10 Å². The first-order chi connectivity index (χ1) is 21.0. The fourth-order valence-electron chi connectivity index (χ4n) is 4.79. The molecule has 3 aromatic heterocycles. The molecule has 0 aliphatic carbocycles. The summed E-state index contributed by atoms with van der Waals surface area (Å²) in [6.45, 7) is 6.13. The maximum absolute atomic E-state index is 15.3. The van der Waals surface area contributed by atoms with Crippen molar-refractivity contribution < 1.29 is 23.0 Å². The Morgan fingerprint density at radius 3 is 2.50 bits per heavy atom. The first kappa shape index (κ1) is 30.3. The maximum atomic E-state index is 15.3. The molecule has 5 aromatic rings. The Morgan fingerprint density at radius 1 is 1.07 bits per heavy atom. The van der Waals surface area contributed by atoms with Gasteiger partial charge in [0.15, 0.2) is 28.8 Å².